The fourth-order valence-corrected chi connectivity index (χ4v) is 4.44. The predicted molar refractivity (Wildman–Crippen MR) is 113 cm³/mol. The Morgan fingerprint density at radius 3 is 2.74 bits per heavy atom. The van der Waals surface area contributed by atoms with Crippen molar-refractivity contribution in [3.05, 3.63) is 36.0 Å². The van der Waals surface area contributed by atoms with E-state index in [-0.39, 0.29) is 11.8 Å². The first-order valence-corrected chi connectivity index (χ1v) is 10.6. The molecule has 3 atom stereocenters. The third-order valence-corrected chi connectivity index (χ3v) is 6.17. The van der Waals surface area contributed by atoms with Gasteiger partial charge >= 0.3 is 0 Å². The van der Waals surface area contributed by atoms with Gasteiger partial charge in [0.25, 0.3) is 0 Å². The van der Waals surface area contributed by atoms with E-state index in [9.17, 15) is 4.79 Å². The number of hydrogen-bond acceptors (Lipinski definition) is 2. The molecule has 4 heteroatoms. The van der Waals surface area contributed by atoms with Crippen LogP contribution in [0.25, 0.3) is 10.9 Å². The van der Waals surface area contributed by atoms with Gasteiger partial charge in [-0.3, -0.25) is 9.69 Å². The fourth-order valence-electron chi connectivity index (χ4n) is 4.44. The number of unbranched alkanes of at least 4 members (excludes halogenated alkanes) is 1. The molecule has 0 spiro atoms. The van der Waals surface area contributed by atoms with Crippen molar-refractivity contribution in [2.45, 2.75) is 71.4 Å². The summed E-state index contributed by atoms with van der Waals surface area (Å²) in [5, 5.41) is 4.36. The minimum absolute atomic E-state index is 0.00801. The Balaban J connectivity index is 1.37. The molecule has 1 aromatic carbocycles. The maximum absolute atomic E-state index is 12.4. The number of aromatic nitrogens is 1. The highest BCUT2D eigenvalue weighted by Crippen LogP contribution is 2.23. The summed E-state index contributed by atoms with van der Waals surface area (Å²) in [4.78, 5) is 18.4. The highest BCUT2D eigenvalue weighted by atomic mass is 16.1. The van der Waals surface area contributed by atoms with Crippen LogP contribution in [0.1, 0.15) is 58.4 Å². The molecule has 1 aliphatic rings. The number of benzene rings is 1. The quantitative estimate of drug-likeness (QED) is 0.673. The lowest BCUT2D eigenvalue weighted by molar-refractivity contribution is -0.124. The number of nitrogens with one attached hydrogen (secondary N) is 2. The van der Waals surface area contributed by atoms with Crippen LogP contribution in [-0.2, 0) is 11.2 Å². The maximum Gasteiger partial charge on any atom is 0.223 e. The SMILES string of the molecule is CC(Cc1c[nH]c2ccccc12)C(=O)NCCCCN1C(C)CCCC1C. The zero-order valence-corrected chi connectivity index (χ0v) is 17.1. The number of hydrogen-bond donors (Lipinski definition) is 2. The van der Waals surface area contributed by atoms with Crippen molar-refractivity contribution in [2.24, 2.45) is 5.92 Å². The van der Waals surface area contributed by atoms with Crippen LogP contribution in [0.4, 0.5) is 0 Å². The average molecular weight is 370 g/mol. The van der Waals surface area contributed by atoms with Crippen LogP contribution >= 0.6 is 0 Å². The van der Waals surface area contributed by atoms with E-state index in [2.05, 4.69) is 47.2 Å². The summed E-state index contributed by atoms with van der Waals surface area (Å²) in [6.45, 7) is 8.67. The van der Waals surface area contributed by atoms with Gasteiger partial charge in [0, 0.05) is 41.6 Å². The lowest BCUT2D eigenvalue weighted by Gasteiger charge is -2.39. The van der Waals surface area contributed by atoms with Crippen molar-refractivity contribution in [3.63, 3.8) is 0 Å². The van der Waals surface area contributed by atoms with Crippen LogP contribution in [-0.4, -0.2) is 41.0 Å². The van der Waals surface area contributed by atoms with Gasteiger partial charge in [-0.15, -0.1) is 0 Å². The monoisotopic (exact) mass is 369 g/mol. The minimum Gasteiger partial charge on any atom is -0.361 e. The summed E-state index contributed by atoms with van der Waals surface area (Å²) in [6.07, 6.45) is 9.05. The number of nitrogens with zero attached hydrogens (tertiary/aromatic N) is 1. The van der Waals surface area contributed by atoms with Gasteiger partial charge in [-0.2, -0.15) is 0 Å². The molecule has 0 bridgehead atoms. The zero-order valence-electron chi connectivity index (χ0n) is 17.1. The van der Waals surface area contributed by atoms with E-state index in [1.165, 1.54) is 30.2 Å². The van der Waals surface area contributed by atoms with Gasteiger partial charge in [0.2, 0.25) is 5.91 Å². The van der Waals surface area contributed by atoms with Crippen LogP contribution in [0.3, 0.4) is 0 Å². The smallest absolute Gasteiger partial charge is 0.223 e. The average Bonchev–Trinajstić information content (AvgIpc) is 3.06. The Morgan fingerprint density at radius 2 is 1.96 bits per heavy atom. The molecule has 1 saturated heterocycles. The highest BCUT2D eigenvalue weighted by Gasteiger charge is 2.23. The largest absolute Gasteiger partial charge is 0.361 e. The number of carbonyl (C=O) groups is 1. The Kier molecular flexibility index (Phi) is 6.95. The third-order valence-electron chi connectivity index (χ3n) is 6.17. The molecule has 0 aliphatic carbocycles. The van der Waals surface area contributed by atoms with Gasteiger partial charge in [0.05, 0.1) is 0 Å². The Bertz CT molecular complexity index is 728. The number of aromatic amines is 1. The number of H-pyrrole nitrogens is 1. The first-order valence-electron chi connectivity index (χ1n) is 10.6. The van der Waals surface area contributed by atoms with Crippen molar-refractivity contribution < 1.29 is 4.79 Å². The van der Waals surface area contributed by atoms with Gasteiger partial charge in [0.15, 0.2) is 0 Å². The molecule has 2 aromatic rings. The first kappa shape index (κ1) is 19.9. The van der Waals surface area contributed by atoms with E-state index in [0.29, 0.717) is 12.1 Å². The third kappa shape index (κ3) is 5.13. The number of carbonyl (C=O) groups excluding carboxylic acids is 1. The first-order chi connectivity index (χ1) is 13.1. The highest BCUT2D eigenvalue weighted by molar-refractivity contribution is 5.84. The molecule has 3 rings (SSSR count). The normalized spacial score (nSPS) is 22.0. The molecule has 0 radical (unpaired) electrons. The summed E-state index contributed by atoms with van der Waals surface area (Å²) in [7, 11) is 0. The number of para-hydroxylation sites is 1. The van der Waals surface area contributed by atoms with Crippen LogP contribution in [0.2, 0.25) is 0 Å². The zero-order chi connectivity index (χ0) is 19.2. The summed E-state index contributed by atoms with van der Waals surface area (Å²) in [6, 6.07) is 9.69. The van der Waals surface area contributed by atoms with Crippen molar-refractivity contribution in [1.29, 1.82) is 0 Å². The molecule has 2 N–H and O–H groups in total. The van der Waals surface area contributed by atoms with E-state index in [1.54, 1.807) is 0 Å². The Labute approximate surface area is 163 Å². The van der Waals surface area contributed by atoms with Crippen LogP contribution in [0, 0.1) is 5.92 Å². The van der Waals surface area contributed by atoms with E-state index < -0.39 is 0 Å². The number of piperidine rings is 1. The minimum atomic E-state index is -0.00801. The number of likely N-dealkylation sites (tertiary alicyclic amines) is 1. The second-order valence-corrected chi connectivity index (χ2v) is 8.33. The van der Waals surface area contributed by atoms with Crippen molar-refractivity contribution in [1.82, 2.24) is 15.2 Å². The van der Waals surface area contributed by atoms with E-state index in [1.807, 2.05) is 19.2 Å². The van der Waals surface area contributed by atoms with Gasteiger partial charge in [0.1, 0.15) is 0 Å². The number of amides is 1. The molecule has 1 fully saturated rings. The fraction of sp³-hybridized carbons (Fsp3) is 0.609. The number of rotatable bonds is 8. The second-order valence-electron chi connectivity index (χ2n) is 8.33. The van der Waals surface area contributed by atoms with Gasteiger partial charge in [-0.05, 0) is 64.1 Å². The van der Waals surface area contributed by atoms with Crippen LogP contribution in [0.5, 0.6) is 0 Å². The molecule has 148 valence electrons. The molecular weight excluding hydrogens is 334 g/mol. The lowest BCUT2D eigenvalue weighted by Crippen LogP contribution is -2.44. The van der Waals surface area contributed by atoms with Crippen molar-refractivity contribution >= 4 is 16.8 Å². The Morgan fingerprint density at radius 1 is 1.22 bits per heavy atom. The maximum atomic E-state index is 12.4. The van der Waals surface area contributed by atoms with E-state index >= 15 is 0 Å². The van der Waals surface area contributed by atoms with Crippen LogP contribution < -0.4 is 5.32 Å². The molecule has 2 heterocycles. The van der Waals surface area contributed by atoms with Crippen LogP contribution in [0.15, 0.2) is 30.5 Å². The molecule has 1 aliphatic heterocycles. The van der Waals surface area contributed by atoms with Gasteiger partial charge in [-0.25, -0.2) is 0 Å². The molecular formula is C23H35N3O. The van der Waals surface area contributed by atoms with E-state index in [0.717, 1.165) is 37.9 Å². The molecule has 3 unspecified atom stereocenters. The van der Waals surface area contributed by atoms with Gasteiger partial charge in [-0.1, -0.05) is 31.5 Å². The number of fused-ring (bicyclic) bond motifs is 1. The predicted octanol–water partition coefficient (Wildman–Crippen LogP) is 4.51. The molecule has 0 saturated carbocycles. The van der Waals surface area contributed by atoms with Crippen molar-refractivity contribution in [3.8, 4) is 0 Å². The standard InChI is InChI=1S/C23H35N3O/c1-17(15-20-16-25-22-12-5-4-11-21(20)22)23(27)24-13-6-7-14-26-18(2)9-8-10-19(26)3/h4-5,11-12,16-19,25H,6-10,13-15H2,1-3H3,(H,24,27). The van der Waals surface area contributed by atoms with Gasteiger partial charge < -0.3 is 10.3 Å². The second kappa shape index (κ2) is 9.41. The van der Waals surface area contributed by atoms with E-state index in [4.69, 9.17) is 0 Å². The summed E-state index contributed by atoms with van der Waals surface area (Å²) in [5.41, 5.74) is 2.36. The molecule has 1 amide bonds. The van der Waals surface area contributed by atoms with Crippen molar-refractivity contribution in [2.75, 3.05) is 13.1 Å². The topological polar surface area (TPSA) is 48.1 Å². The molecule has 27 heavy (non-hydrogen) atoms. The molecule has 1 aromatic heterocycles. The summed E-state index contributed by atoms with van der Waals surface area (Å²) in [5.74, 6) is 0.159. The lowest BCUT2D eigenvalue weighted by atomic mass is 9.97. The summed E-state index contributed by atoms with van der Waals surface area (Å²) < 4.78 is 0. The Hall–Kier alpha value is -1.81. The molecule has 4 nitrogen and oxygen atoms in total. The summed E-state index contributed by atoms with van der Waals surface area (Å²) >= 11 is 0.